The first-order chi connectivity index (χ1) is 9.40. The molecule has 0 aliphatic rings. The number of carbonyl (C=O) groups is 1. The molecule has 0 N–H and O–H groups in total. The van der Waals surface area contributed by atoms with Crippen molar-refractivity contribution in [3.63, 3.8) is 0 Å². The number of hydrogen-bond acceptors (Lipinski definition) is 3. The van der Waals surface area contributed by atoms with E-state index in [4.69, 9.17) is 0 Å². The number of Topliss-reactive ketones (excluding diaryl/α,β-unsaturated/α-hetero) is 1. The van der Waals surface area contributed by atoms with Crippen molar-refractivity contribution in [1.82, 2.24) is 0 Å². The maximum Gasteiger partial charge on any atom is 0.186 e. The van der Waals surface area contributed by atoms with Gasteiger partial charge in [-0.25, -0.2) is 8.42 Å². The van der Waals surface area contributed by atoms with Crippen LogP contribution in [0.3, 0.4) is 0 Å². The molecule has 2 aromatic carbocycles. The molecule has 0 heterocycles. The Kier molecular flexibility index (Phi) is 4.04. The Morgan fingerprint density at radius 3 is 2.35 bits per heavy atom. The van der Waals surface area contributed by atoms with E-state index in [2.05, 4.69) is 0 Å². The summed E-state index contributed by atoms with van der Waals surface area (Å²) >= 11 is 0. The summed E-state index contributed by atoms with van der Waals surface area (Å²) in [5, 5.41) is 0. The Hall–Kier alpha value is -1.94. The largest absolute Gasteiger partial charge is 0.293 e. The second kappa shape index (κ2) is 5.59. The lowest BCUT2D eigenvalue weighted by molar-refractivity contribution is 0.102. The molecule has 0 bridgehead atoms. The Labute approximate surface area is 119 Å². The third-order valence-electron chi connectivity index (χ3n) is 3.09. The van der Waals surface area contributed by atoms with Crippen molar-refractivity contribution in [2.45, 2.75) is 18.7 Å². The molecule has 0 amide bonds. The first-order valence-electron chi connectivity index (χ1n) is 6.28. The standard InChI is InChI=1S/C16H16O3S/c1-12-6-5-8-14(10-12)15(17)11-20(18,19)16-9-4-3-7-13(16)2/h3-10H,11H2,1-2H3. The topological polar surface area (TPSA) is 51.2 Å². The van der Waals surface area contributed by atoms with Gasteiger partial charge in [0.25, 0.3) is 0 Å². The fourth-order valence-corrected chi connectivity index (χ4v) is 3.57. The van der Waals surface area contributed by atoms with E-state index in [1.165, 1.54) is 6.07 Å². The van der Waals surface area contributed by atoms with Crippen molar-refractivity contribution < 1.29 is 13.2 Å². The summed E-state index contributed by atoms with van der Waals surface area (Å²) < 4.78 is 24.6. The molecule has 0 fully saturated rings. The van der Waals surface area contributed by atoms with E-state index in [0.29, 0.717) is 11.1 Å². The fourth-order valence-electron chi connectivity index (χ4n) is 2.06. The van der Waals surface area contributed by atoms with Crippen molar-refractivity contribution >= 4 is 15.6 Å². The summed E-state index contributed by atoms with van der Waals surface area (Å²) in [6, 6.07) is 13.7. The minimum atomic E-state index is -3.60. The van der Waals surface area contributed by atoms with Crippen LogP contribution in [-0.4, -0.2) is 20.0 Å². The SMILES string of the molecule is Cc1cccc(C(=O)CS(=O)(=O)c2ccccc2C)c1. The summed E-state index contributed by atoms with van der Waals surface area (Å²) in [7, 11) is -3.60. The second-order valence-electron chi connectivity index (χ2n) is 4.82. The fraction of sp³-hybridized carbons (Fsp3) is 0.188. The number of benzene rings is 2. The van der Waals surface area contributed by atoms with Crippen LogP contribution in [0.4, 0.5) is 0 Å². The van der Waals surface area contributed by atoms with E-state index in [-0.39, 0.29) is 10.7 Å². The zero-order valence-electron chi connectivity index (χ0n) is 11.5. The second-order valence-corrected chi connectivity index (χ2v) is 6.78. The van der Waals surface area contributed by atoms with Gasteiger partial charge in [-0.1, -0.05) is 42.0 Å². The van der Waals surface area contributed by atoms with Crippen LogP contribution in [0.15, 0.2) is 53.4 Å². The average Bonchev–Trinajstić information content (AvgIpc) is 2.38. The summed E-state index contributed by atoms with van der Waals surface area (Å²) in [5.74, 6) is -0.877. The van der Waals surface area contributed by atoms with Crippen LogP contribution in [0.5, 0.6) is 0 Å². The molecule has 0 aliphatic carbocycles. The molecular formula is C16H16O3S. The molecule has 104 valence electrons. The van der Waals surface area contributed by atoms with E-state index in [1.54, 1.807) is 43.3 Å². The van der Waals surface area contributed by atoms with Gasteiger partial charge in [-0.3, -0.25) is 4.79 Å². The maximum absolute atomic E-state index is 12.3. The Morgan fingerprint density at radius 2 is 1.70 bits per heavy atom. The van der Waals surface area contributed by atoms with Crippen molar-refractivity contribution in [3.05, 3.63) is 65.2 Å². The van der Waals surface area contributed by atoms with Gasteiger partial charge in [-0.15, -0.1) is 0 Å². The minimum Gasteiger partial charge on any atom is -0.293 e. The van der Waals surface area contributed by atoms with E-state index >= 15 is 0 Å². The van der Waals surface area contributed by atoms with Crippen molar-refractivity contribution in [1.29, 1.82) is 0 Å². The number of ketones is 1. The van der Waals surface area contributed by atoms with Gasteiger partial charge in [0.2, 0.25) is 0 Å². The van der Waals surface area contributed by atoms with Crippen molar-refractivity contribution in [2.75, 3.05) is 5.75 Å². The highest BCUT2D eigenvalue weighted by Gasteiger charge is 2.21. The minimum absolute atomic E-state index is 0.223. The number of sulfone groups is 1. The van der Waals surface area contributed by atoms with Gasteiger partial charge in [0.05, 0.1) is 4.90 Å². The van der Waals surface area contributed by atoms with Gasteiger partial charge in [-0.2, -0.15) is 0 Å². The quantitative estimate of drug-likeness (QED) is 0.813. The molecule has 0 aromatic heterocycles. The zero-order chi connectivity index (χ0) is 14.8. The Morgan fingerprint density at radius 1 is 1.00 bits per heavy atom. The number of rotatable bonds is 4. The van der Waals surface area contributed by atoms with Gasteiger partial charge in [0.15, 0.2) is 15.6 Å². The number of aryl methyl sites for hydroxylation is 2. The summed E-state index contributed by atoms with van der Waals surface area (Å²) in [5.41, 5.74) is 2.02. The molecule has 3 nitrogen and oxygen atoms in total. The van der Waals surface area contributed by atoms with Crippen LogP contribution in [-0.2, 0) is 9.84 Å². The molecule has 0 atom stereocenters. The molecule has 0 saturated carbocycles. The lowest BCUT2D eigenvalue weighted by atomic mass is 10.1. The highest BCUT2D eigenvalue weighted by molar-refractivity contribution is 7.92. The third-order valence-corrected chi connectivity index (χ3v) is 4.86. The van der Waals surface area contributed by atoms with Gasteiger partial charge in [0, 0.05) is 5.56 Å². The molecule has 20 heavy (non-hydrogen) atoms. The van der Waals surface area contributed by atoms with Crippen molar-refractivity contribution in [3.8, 4) is 0 Å². The van der Waals surface area contributed by atoms with Crippen LogP contribution in [0, 0.1) is 13.8 Å². The highest BCUT2D eigenvalue weighted by Crippen LogP contribution is 2.17. The smallest absolute Gasteiger partial charge is 0.186 e. The van der Waals surface area contributed by atoms with Crippen LogP contribution < -0.4 is 0 Å². The molecule has 0 unspecified atom stereocenters. The van der Waals surface area contributed by atoms with Gasteiger partial charge < -0.3 is 0 Å². The van der Waals surface area contributed by atoms with Crippen LogP contribution in [0.25, 0.3) is 0 Å². The summed E-state index contributed by atoms with van der Waals surface area (Å²) in [6.45, 7) is 3.59. The summed E-state index contributed by atoms with van der Waals surface area (Å²) in [4.78, 5) is 12.3. The number of carbonyl (C=O) groups excluding carboxylic acids is 1. The zero-order valence-corrected chi connectivity index (χ0v) is 12.3. The predicted octanol–water partition coefficient (Wildman–Crippen LogP) is 2.96. The Bertz CT molecular complexity index is 746. The van der Waals surface area contributed by atoms with E-state index in [9.17, 15) is 13.2 Å². The normalized spacial score (nSPS) is 11.3. The molecule has 0 saturated heterocycles. The number of hydrogen-bond donors (Lipinski definition) is 0. The molecule has 4 heteroatoms. The third kappa shape index (κ3) is 3.14. The van der Waals surface area contributed by atoms with Crippen LogP contribution in [0.1, 0.15) is 21.5 Å². The molecule has 2 aromatic rings. The van der Waals surface area contributed by atoms with Crippen LogP contribution in [0.2, 0.25) is 0 Å². The first kappa shape index (κ1) is 14.5. The van der Waals surface area contributed by atoms with E-state index in [0.717, 1.165) is 5.56 Å². The lowest BCUT2D eigenvalue weighted by Gasteiger charge is -2.07. The predicted molar refractivity (Wildman–Crippen MR) is 78.7 cm³/mol. The highest BCUT2D eigenvalue weighted by atomic mass is 32.2. The van der Waals surface area contributed by atoms with Crippen molar-refractivity contribution in [2.24, 2.45) is 0 Å². The Balaban J connectivity index is 2.30. The van der Waals surface area contributed by atoms with E-state index in [1.807, 2.05) is 13.0 Å². The molecular weight excluding hydrogens is 272 g/mol. The average molecular weight is 288 g/mol. The molecule has 0 aliphatic heterocycles. The lowest BCUT2D eigenvalue weighted by Crippen LogP contribution is -2.17. The van der Waals surface area contributed by atoms with Crippen LogP contribution >= 0.6 is 0 Å². The monoisotopic (exact) mass is 288 g/mol. The molecule has 2 rings (SSSR count). The molecule has 0 radical (unpaired) electrons. The maximum atomic E-state index is 12.3. The van der Waals surface area contributed by atoms with E-state index < -0.39 is 15.6 Å². The first-order valence-corrected chi connectivity index (χ1v) is 7.93. The molecule has 0 spiro atoms. The summed E-state index contributed by atoms with van der Waals surface area (Å²) in [6.07, 6.45) is 0. The van der Waals surface area contributed by atoms with Gasteiger partial charge in [-0.05, 0) is 31.5 Å². The van der Waals surface area contributed by atoms with Gasteiger partial charge >= 0.3 is 0 Å². The van der Waals surface area contributed by atoms with Gasteiger partial charge in [0.1, 0.15) is 5.75 Å².